The van der Waals surface area contributed by atoms with E-state index in [9.17, 15) is 8.42 Å². The summed E-state index contributed by atoms with van der Waals surface area (Å²) in [5.41, 5.74) is 1.75. The highest BCUT2D eigenvalue weighted by Crippen LogP contribution is 2.34. The van der Waals surface area contributed by atoms with Gasteiger partial charge in [-0.15, -0.1) is 0 Å². The number of aryl methyl sites for hydroxylation is 2. The molecule has 0 radical (unpaired) electrons. The molecule has 1 saturated carbocycles. The average molecular weight is 339 g/mol. The minimum absolute atomic E-state index is 0.0185. The van der Waals surface area contributed by atoms with Crippen molar-refractivity contribution >= 4 is 10.0 Å². The molecule has 0 bridgehead atoms. The van der Waals surface area contributed by atoms with E-state index in [4.69, 9.17) is 9.47 Å². The van der Waals surface area contributed by atoms with E-state index in [1.165, 1.54) is 0 Å². The first-order valence-electron chi connectivity index (χ1n) is 8.17. The molecule has 1 saturated heterocycles. The smallest absolute Gasteiger partial charge is 0.243 e. The molecule has 2 fully saturated rings. The summed E-state index contributed by atoms with van der Waals surface area (Å²) < 4.78 is 39.4. The second-order valence-electron chi connectivity index (χ2n) is 6.53. The molecular weight excluding hydrogens is 314 g/mol. The van der Waals surface area contributed by atoms with Crippen LogP contribution in [-0.2, 0) is 19.5 Å². The van der Waals surface area contributed by atoms with Crippen LogP contribution < -0.4 is 0 Å². The predicted molar refractivity (Wildman–Crippen MR) is 88.0 cm³/mol. The molecule has 0 unspecified atom stereocenters. The highest BCUT2D eigenvalue weighted by molar-refractivity contribution is 7.89. The highest BCUT2D eigenvalue weighted by atomic mass is 32.2. The van der Waals surface area contributed by atoms with Crippen molar-refractivity contribution in [1.29, 1.82) is 0 Å². The summed E-state index contributed by atoms with van der Waals surface area (Å²) in [7, 11) is -1.83. The average Bonchev–Trinajstić information content (AvgIpc) is 2.55. The zero-order chi connectivity index (χ0) is 16.6. The van der Waals surface area contributed by atoms with Gasteiger partial charge in [0.05, 0.1) is 29.8 Å². The lowest BCUT2D eigenvalue weighted by Crippen LogP contribution is -2.56. The summed E-state index contributed by atoms with van der Waals surface area (Å²) in [6, 6.07) is 5.45. The lowest BCUT2D eigenvalue weighted by molar-refractivity contribution is -0.0883. The molecule has 1 heterocycles. The van der Waals surface area contributed by atoms with Gasteiger partial charge in [0.25, 0.3) is 0 Å². The van der Waals surface area contributed by atoms with Crippen molar-refractivity contribution in [1.82, 2.24) is 4.31 Å². The third kappa shape index (κ3) is 3.18. The lowest BCUT2D eigenvalue weighted by atomic mass is 9.89. The Labute approximate surface area is 138 Å². The van der Waals surface area contributed by atoms with Gasteiger partial charge in [0, 0.05) is 13.7 Å². The first-order valence-corrected chi connectivity index (χ1v) is 9.61. The Hall–Kier alpha value is -0.950. The van der Waals surface area contributed by atoms with Gasteiger partial charge in [0.1, 0.15) is 0 Å². The van der Waals surface area contributed by atoms with Crippen molar-refractivity contribution in [3.8, 4) is 0 Å². The highest BCUT2D eigenvalue weighted by Gasteiger charge is 2.43. The SMILES string of the molecule is CO[C@@H]1CC[C@@H]2OCCN(S(=O)(=O)c3cc(C)ccc3C)[C@@H]2C1. The van der Waals surface area contributed by atoms with Gasteiger partial charge in [0.2, 0.25) is 10.0 Å². The number of sulfonamides is 1. The maximum atomic E-state index is 13.2. The fourth-order valence-electron chi connectivity index (χ4n) is 3.66. The summed E-state index contributed by atoms with van der Waals surface area (Å²) in [6.45, 7) is 4.64. The van der Waals surface area contributed by atoms with Crippen LogP contribution in [0.5, 0.6) is 0 Å². The van der Waals surface area contributed by atoms with E-state index in [0.29, 0.717) is 24.5 Å². The normalized spacial score (nSPS) is 29.3. The molecule has 23 heavy (non-hydrogen) atoms. The molecule has 0 spiro atoms. The number of ether oxygens (including phenoxy) is 2. The molecule has 6 heteroatoms. The number of hydrogen-bond donors (Lipinski definition) is 0. The molecule has 1 aromatic rings. The first-order chi connectivity index (χ1) is 10.9. The van der Waals surface area contributed by atoms with Crippen molar-refractivity contribution < 1.29 is 17.9 Å². The Balaban J connectivity index is 1.96. The first kappa shape index (κ1) is 16.9. The van der Waals surface area contributed by atoms with Gasteiger partial charge in [-0.3, -0.25) is 0 Å². The summed E-state index contributed by atoms with van der Waals surface area (Å²) in [5.74, 6) is 0. The van der Waals surface area contributed by atoms with E-state index in [2.05, 4.69) is 0 Å². The van der Waals surface area contributed by atoms with Crippen LogP contribution >= 0.6 is 0 Å². The second kappa shape index (κ2) is 6.51. The van der Waals surface area contributed by atoms with Gasteiger partial charge in [0.15, 0.2) is 0 Å². The third-order valence-electron chi connectivity index (χ3n) is 4.98. The molecule has 5 nitrogen and oxygen atoms in total. The van der Waals surface area contributed by atoms with Crippen LogP contribution in [0, 0.1) is 13.8 Å². The van der Waals surface area contributed by atoms with E-state index in [0.717, 1.165) is 24.0 Å². The van der Waals surface area contributed by atoms with Gasteiger partial charge < -0.3 is 9.47 Å². The molecule has 1 aliphatic heterocycles. The van der Waals surface area contributed by atoms with E-state index >= 15 is 0 Å². The quantitative estimate of drug-likeness (QED) is 0.848. The van der Waals surface area contributed by atoms with Crippen molar-refractivity contribution in [3.63, 3.8) is 0 Å². The third-order valence-corrected chi connectivity index (χ3v) is 7.05. The topological polar surface area (TPSA) is 55.8 Å². The molecule has 128 valence electrons. The minimum Gasteiger partial charge on any atom is -0.381 e. The maximum Gasteiger partial charge on any atom is 0.243 e. The molecule has 0 aromatic heterocycles. The Bertz CT molecular complexity index is 673. The monoisotopic (exact) mass is 339 g/mol. The van der Waals surface area contributed by atoms with Crippen LogP contribution in [0.3, 0.4) is 0 Å². The molecule has 3 atom stereocenters. The van der Waals surface area contributed by atoms with Crippen LogP contribution in [0.25, 0.3) is 0 Å². The standard InChI is InChI=1S/C17H25NO4S/c1-12-4-5-13(2)17(10-12)23(19,20)18-8-9-22-16-7-6-14(21-3)11-15(16)18/h4-5,10,14-16H,6-9,11H2,1-3H3/t14-,15-,16+/m1/s1. The Morgan fingerprint density at radius 3 is 2.78 bits per heavy atom. The maximum absolute atomic E-state index is 13.2. The zero-order valence-electron chi connectivity index (χ0n) is 14.0. The molecule has 0 N–H and O–H groups in total. The molecular formula is C17H25NO4S. The van der Waals surface area contributed by atoms with Crippen LogP contribution in [0.2, 0.25) is 0 Å². The Morgan fingerprint density at radius 1 is 1.26 bits per heavy atom. The number of fused-ring (bicyclic) bond motifs is 1. The second-order valence-corrected chi connectivity index (χ2v) is 8.39. The van der Waals surface area contributed by atoms with Gasteiger partial charge in [-0.05, 0) is 50.3 Å². The fraction of sp³-hybridized carbons (Fsp3) is 0.647. The molecule has 2 aliphatic rings. The predicted octanol–water partition coefficient (Wildman–Crippen LogP) is 2.26. The number of morpholine rings is 1. The molecule has 3 rings (SSSR count). The van der Waals surface area contributed by atoms with Gasteiger partial charge in [-0.1, -0.05) is 12.1 Å². The van der Waals surface area contributed by atoms with Gasteiger partial charge in [-0.2, -0.15) is 4.31 Å². The number of benzene rings is 1. The zero-order valence-corrected chi connectivity index (χ0v) is 14.8. The Morgan fingerprint density at radius 2 is 2.04 bits per heavy atom. The van der Waals surface area contributed by atoms with Crippen molar-refractivity contribution in [2.24, 2.45) is 0 Å². The number of nitrogens with zero attached hydrogens (tertiary/aromatic N) is 1. The van der Waals surface area contributed by atoms with E-state index in [-0.39, 0.29) is 18.2 Å². The minimum atomic E-state index is -3.52. The van der Waals surface area contributed by atoms with Crippen molar-refractivity contribution in [2.75, 3.05) is 20.3 Å². The van der Waals surface area contributed by atoms with Crippen LogP contribution in [0.4, 0.5) is 0 Å². The molecule has 0 amide bonds. The number of rotatable bonds is 3. The number of methoxy groups -OCH3 is 1. The van der Waals surface area contributed by atoms with E-state index < -0.39 is 10.0 Å². The Kier molecular flexibility index (Phi) is 4.78. The van der Waals surface area contributed by atoms with Crippen molar-refractivity contribution in [2.45, 2.75) is 56.3 Å². The van der Waals surface area contributed by atoms with E-state index in [1.54, 1.807) is 17.5 Å². The summed E-state index contributed by atoms with van der Waals surface area (Å²) >= 11 is 0. The van der Waals surface area contributed by atoms with Crippen LogP contribution in [-0.4, -0.2) is 51.2 Å². The van der Waals surface area contributed by atoms with Gasteiger partial charge >= 0.3 is 0 Å². The molecule has 1 aliphatic carbocycles. The fourth-order valence-corrected chi connectivity index (χ4v) is 5.62. The summed E-state index contributed by atoms with van der Waals surface area (Å²) in [5, 5.41) is 0. The summed E-state index contributed by atoms with van der Waals surface area (Å²) in [4.78, 5) is 0.415. The van der Waals surface area contributed by atoms with Crippen LogP contribution in [0.15, 0.2) is 23.1 Å². The van der Waals surface area contributed by atoms with Crippen LogP contribution in [0.1, 0.15) is 30.4 Å². The van der Waals surface area contributed by atoms with E-state index in [1.807, 2.05) is 26.0 Å². The van der Waals surface area contributed by atoms with Gasteiger partial charge in [-0.25, -0.2) is 8.42 Å². The number of hydrogen-bond acceptors (Lipinski definition) is 4. The largest absolute Gasteiger partial charge is 0.381 e. The summed E-state index contributed by atoms with van der Waals surface area (Å²) in [6.07, 6.45) is 2.56. The lowest BCUT2D eigenvalue weighted by Gasteiger charge is -2.44. The van der Waals surface area contributed by atoms with Crippen molar-refractivity contribution in [3.05, 3.63) is 29.3 Å². The molecule has 1 aromatic carbocycles.